The van der Waals surface area contributed by atoms with Crippen LogP contribution in [0.25, 0.3) is 11.3 Å². The molecule has 1 heterocycles. The largest absolute Gasteiger partial charge is 0.346 e. The molecule has 0 saturated carbocycles. The number of carbonyl (C=O) groups excluding carboxylic acids is 1. The molecule has 5 heteroatoms. The average Bonchev–Trinajstić information content (AvgIpc) is 2.80. The van der Waals surface area contributed by atoms with Gasteiger partial charge in [-0.05, 0) is 37.6 Å². The summed E-state index contributed by atoms with van der Waals surface area (Å²) in [7, 11) is 0. The first-order valence-electron chi connectivity index (χ1n) is 10.2. The highest BCUT2D eigenvalue weighted by molar-refractivity contribution is 5.95. The van der Waals surface area contributed by atoms with Gasteiger partial charge in [0.1, 0.15) is 11.6 Å². The van der Waals surface area contributed by atoms with E-state index in [4.69, 9.17) is 0 Å². The van der Waals surface area contributed by atoms with Gasteiger partial charge >= 0.3 is 0 Å². The molecule has 1 atom stereocenters. The van der Waals surface area contributed by atoms with Crippen LogP contribution in [-0.4, -0.2) is 15.9 Å². The summed E-state index contributed by atoms with van der Waals surface area (Å²) in [5, 5.41) is 6.35. The minimum absolute atomic E-state index is 0.0803. The van der Waals surface area contributed by atoms with E-state index in [1.807, 2.05) is 98.8 Å². The van der Waals surface area contributed by atoms with Crippen molar-refractivity contribution in [1.29, 1.82) is 0 Å². The standard InChI is InChI=1S/C26H24N4O/c1-18(20-10-5-3-6-11-20)27-26(31)22-14-9-15-23(16-22)30-25-17-24(28-19(2)29-25)21-12-7-4-8-13-21/h3-18H,1-2H3,(H,27,31)(H,28,29,30). The normalized spacial score (nSPS) is 11.5. The molecule has 3 aromatic carbocycles. The first kappa shape index (κ1) is 20.3. The van der Waals surface area contributed by atoms with Crippen molar-refractivity contribution in [2.24, 2.45) is 0 Å². The lowest BCUT2D eigenvalue weighted by atomic mass is 10.1. The number of hydrogen-bond acceptors (Lipinski definition) is 4. The van der Waals surface area contributed by atoms with Gasteiger partial charge in [-0.1, -0.05) is 66.7 Å². The van der Waals surface area contributed by atoms with Crippen molar-refractivity contribution in [3.05, 3.63) is 108 Å². The molecule has 0 saturated heterocycles. The van der Waals surface area contributed by atoms with Gasteiger partial charge in [-0.2, -0.15) is 0 Å². The summed E-state index contributed by atoms with van der Waals surface area (Å²) < 4.78 is 0. The van der Waals surface area contributed by atoms with E-state index >= 15 is 0 Å². The van der Waals surface area contributed by atoms with E-state index in [1.54, 1.807) is 6.07 Å². The summed E-state index contributed by atoms with van der Waals surface area (Å²) in [5.74, 6) is 1.24. The van der Waals surface area contributed by atoms with Crippen LogP contribution in [0.2, 0.25) is 0 Å². The second kappa shape index (κ2) is 9.22. The van der Waals surface area contributed by atoms with Gasteiger partial charge in [0.05, 0.1) is 11.7 Å². The van der Waals surface area contributed by atoms with Crippen LogP contribution in [0.1, 0.15) is 34.7 Å². The number of nitrogens with zero attached hydrogens (tertiary/aromatic N) is 2. The summed E-state index contributed by atoms with van der Waals surface area (Å²) in [5.41, 5.74) is 4.31. The molecule has 0 radical (unpaired) electrons. The molecule has 0 aliphatic heterocycles. The van der Waals surface area contributed by atoms with Crippen LogP contribution in [-0.2, 0) is 0 Å². The lowest BCUT2D eigenvalue weighted by molar-refractivity contribution is 0.0940. The molecule has 0 aliphatic carbocycles. The Morgan fingerprint density at radius 3 is 2.29 bits per heavy atom. The van der Waals surface area contributed by atoms with Crippen LogP contribution < -0.4 is 10.6 Å². The van der Waals surface area contributed by atoms with E-state index in [1.165, 1.54) is 0 Å². The predicted octanol–water partition coefficient (Wildman–Crippen LogP) is 5.69. The minimum atomic E-state index is -0.121. The fraction of sp³-hybridized carbons (Fsp3) is 0.115. The second-order valence-electron chi connectivity index (χ2n) is 7.36. The van der Waals surface area contributed by atoms with Crippen molar-refractivity contribution in [1.82, 2.24) is 15.3 Å². The van der Waals surface area contributed by atoms with Gasteiger partial charge in [-0.3, -0.25) is 4.79 Å². The Morgan fingerprint density at radius 2 is 1.55 bits per heavy atom. The maximum Gasteiger partial charge on any atom is 0.251 e. The first-order valence-corrected chi connectivity index (χ1v) is 10.2. The van der Waals surface area contributed by atoms with Crippen molar-refractivity contribution in [3.63, 3.8) is 0 Å². The Bertz CT molecular complexity index is 1180. The molecular formula is C26H24N4O. The Kier molecular flexibility index (Phi) is 6.03. The topological polar surface area (TPSA) is 66.9 Å². The number of carbonyl (C=O) groups is 1. The van der Waals surface area contributed by atoms with Crippen molar-refractivity contribution in [2.45, 2.75) is 19.9 Å². The number of hydrogen-bond donors (Lipinski definition) is 2. The van der Waals surface area contributed by atoms with Gasteiger partial charge in [0.15, 0.2) is 0 Å². The monoisotopic (exact) mass is 408 g/mol. The van der Waals surface area contributed by atoms with Crippen molar-refractivity contribution >= 4 is 17.4 Å². The zero-order chi connectivity index (χ0) is 21.6. The molecule has 1 aromatic heterocycles. The fourth-order valence-corrected chi connectivity index (χ4v) is 3.38. The van der Waals surface area contributed by atoms with E-state index in [0.717, 1.165) is 22.5 Å². The number of aromatic nitrogens is 2. The third kappa shape index (κ3) is 5.14. The summed E-state index contributed by atoms with van der Waals surface area (Å²) in [4.78, 5) is 21.8. The first-order chi connectivity index (χ1) is 15.1. The lowest BCUT2D eigenvalue weighted by Gasteiger charge is -2.15. The van der Waals surface area contributed by atoms with E-state index in [-0.39, 0.29) is 11.9 Å². The molecule has 1 amide bonds. The molecule has 0 bridgehead atoms. The van der Waals surface area contributed by atoms with Gasteiger partial charge in [0.25, 0.3) is 5.91 Å². The van der Waals surface area contributed by atoms with Crippen LogP contribution in [0.4, 0.5) is 11.5 Å². The van der Waals surface area contributed by atoms with E-state index < -0.39 is 0 Å². The zero-order valence-electron chi connectivity index (χ0n) is 17.5. The second-order valence-corrected chi connectivity index (χ2v) is 7.36. The summed E-state index contributed by atoms with van der Waals surface area (Å²) >= 11 is 0. The molecule has 1 unspecified atom stereocenters. The Morgan fingerprint density at radius 1 is 0.839 bits per heavy atom. The highest BCUT2D eigenvalue weighted by Crippen LogP contribution is 2.23. The molecule has 4 rings (SSSR count). The summed E-state index contributed by atoms with van der Waals surface area (Å²) in [6.45, 7) is 3.84. The Balaban J connectivity index is 1.51. The van der Waals surface area contributed by atoms with Crippen molar-refractivity contribution in [2.75, 3.05) is 5.32 Å². The van der Waals surface area contributed by atoms with Gasteiger partial charge in [0.2, 0.25) is 0 Å². The van der Waals surface area contributed by atoms with Crippen LogP contribution in [0.3, 0.4) is 0 Å². The highest BCUT2D eigenvalue weighted by Gasteiger charge is 2.12. The van der Waals surface area contributed by atoms with Crippen molar-refractivity contribution < 1.29 is 4.79 Å². The molecule has 31 heavy (non-hydrogen) atoms. The van der Waals surface area contributed by atoms with Crippen molar-refractivity contribution in [3.8, 4) is 11.3 Å². The average molecular weight is 409 g/mol. The smallest absolute Gasteiger partial charge is 0.251 e. The molecule has 4 aromatic rings. The van der Waals surface area contributed by atoms with Gasteiger partial charge in [-0.15, -0.1) is 0 Å². The number of amides is 1. The quantitative estimate of drug-likeness (QED) is 0.430. The predicted molar refractivity (Wildman–Crippen MR) is 124 cm³/mol. The van der Waals surface area contributed by atoms with Crippen LogP contribution in [0.15, 0.2) is 91.0 Å². The highest BCUT2D eigenvalue weighted by atomic mass is 16.1. The molecular weight excluding hydrogens is 384 g/mol. The molecule has 5 nitrogen and oxygen atoms in total. The van der Waals surface area contributed by atoms with E-state index in [9.17, 15) is 4.79 Å². The lowest BCUT2D eigenvalue weighted by Crippen LogP contribution is -2.26. The van der Waals surface area contributed by atoms with Gasteiger partial charge in [-0.25, -0.2) is 9.97 Å². The van der Waals surface area contributed by atoms with Gasteiger partial charge in [0, 0.05) is 22.9 Å². The number of nitrogens with one attached hydrogen (secondary N) is 2. The summed E-state index contributed by atoms with van der Waals surface area (Å²) in [6, 6.07) is 29.1. The van der Waals surface area contributed by atoms with Crippen LogP contribution in [0.5, 0.6) is 0 Å². The Hall–Kier alpha value is -3.99. The third-order valence-corrected chi connectivity index (χ3v) is 4.95. The van der Waals surface area contributed by atoms with Gasteiger partial charge < -0.3 is 10.6 Å². The zero-order valence-corrected chi connectivity index (χ0v) is 17.5. The number of anilines is 2. The number of rotatable bonds is 6. The Labute approximate surface area is 182 Å². The SMILES string of the molecule is Cc1nc(Nc2cccc(C(=O)NC(C)c3ccccc3)c2)cc(-c2ccccc2)n1. The van der Waals surface area contributed by atoms with E-state index in [2.05, 4.69) is 20.6 Å². The number of benzene rings is 3. The fourth-order valence-electron chi connectivity index (χ4n) is 3.38. The third-order valence-electron chi connectivity index (χ3n) is 4.95. The van der Waals surface area contributed by atoms with Crippen LogP contribution >= 0.6 is 0 Å². The maximum atomic E-state index is 12.8. The molecule has 0 aliphatic rings. The summed E-state index contributed by atoms with van der Waals surface area (Å²) in [6.07, 6.45) is 0. The molecule has 2 N–H and O–H groups in total. The number of aryl methyl sites for hydroxylation is 1. The molecule has 0 fully saturated rings. The minimum Gasteiger partial charge on any atom is -0.346 e. The van der Waals surface area contributed by atoms with E-state index in [0.29, 0.717) is 17.2 Å². The molecule has 0 spiro atoms. The molecule has 154 valence electrons. The maximum absolute atomic E-state index is 12.8. The van der Waals surface area contributed by atoms with Crippen LogP contribution in [0, 0.1) is 6.92 Å².